The molecule has 0 aromatic heterocycles. The van der Waals surface area contributed by atoms with Crippen molar-refractivity contribution in [2.45, 2.75) is 6.54 Å². The molecule has 0 unspecified atom stereocenters. The smallest absolute Gasteiger partial charge is 0.145 e. The highest BCUT2D eigenvalue weighted by molar-refractivity contribution is 9.10. The van der Waals surface area contributed by atoms with E-state index in [-0.39, 0.29) is 5.82 Å². The molecule has 0 aliphatic heterocycles. The molecule has 0 amide bonds. The minimum atomic E-state index is -0.214. The van der Waals surface area contributed by atoms with Gasteiger partial charge in [-0.2, -0.15) is 0 Å². The van der Waals surface area contributed by atoms with Gasteiger partial charge in [0.05, 0.1) is 4.47 Å². The van der Waals surface area contributed by atoms with Crippen molar-refractivity contribution in [3.63, 3.8) is 0 Å². The maximum absolute atomic E-state index is 13.9. The SMILES string of the molecule is CNCc1ccc(-c2cccc(Br)c2F)cc1. The molecule has 88 valence electrons. The zero-order valence-corrected chi connectivity index (χ0v) is 11.1. The highest BCUT2D eigenvalue weighted by atomic mass is 79.9. The van der Waals surface area contributed by atoms with Crippen molar-refractivity contribution in [1.82, 2.24) is 5.32 Å². The van der Waals surface area contributed by atoms with Gasteiger partial charge in [0.15, 0.2) is 0 Å². The first kappa shape index (κ1) is 12.3. The van der Waals surface area contributed by atoms with Crippen molar-refractivity contribution in [3.8, 4) is 11.1 Å². The van der Waals surface area contributed by atoms with Gasteiger partial charge in [0, 0.05) is 12.1 Å². The fraction of sp³-hybridized carbons (Fsp3) is 0.143. The summed E-state index contributed by atoms with van der Waals surface area (Å²) >= 11 is 3.20. The summed E-state index contributed by atoms with van der Waals surface area (Å²) in [5.74, 6) is -0.214. The van der Waals surface area contributed by atoms with Crippen LogP contribution in [-0.2, 0) is 6.54 Å². The average molecular weight is 294 g/mol. The first-order valence-electron chi connectivity index (χ1n) is 5.40. The van der Waals surface area contributed by atoms with Crippen LogP contribution in [0.25, 0.3) is 11.1 Å². The van der Waals surface area contributed by atoms with E-state index >= 15 is 0 Å². The van der Waals surface area contributed by atoms with Gasteiger partial charge in [-0.3, -0.25) is 0 Å². The molecule has 0 saturated heterocycles. The van der Waals surface area contributed by atoms with E-state index in [0.29, 0.717) is 10.0 Å². The van der Waals surface area contributed by atoms with E-state index in [2.05, 4.69) is 21.2 Å². The van der Waals surface area contributed by atoms with Gasteiger partial charge in [-0.05, 0) is 40.2 Å². The third-order valence-corrected chi connectivity index (χ3v) is 3.21. The number of nitrogens with one attached hydrogen (secondary N) is 1. The van der Waals surface area contributed by atoms with Crippen LogP contribution in [0.3, 0.4) is 0 Å². The van der Waals surface area contributed by atoms with Crippen molar-refractivity contribution >= 4 is 15.9 Å². The molecule has 0 radical (unpaired) electrons. The van der Waals surface area contributed by atoms with Crippen molar-refractivity contribution in [3.05, 3.63) is 58.3 Å². The fourth-order valence-corrected chi connectivity index (χ4v) is 2.10. The number of hydrogen-bond donors (Lipinski definition) is 1. The Hall–Kier alpha value is -1.19. The molecule has 0 saturated carbocycles. The van der Waals surface area contributed by atoms with Gasteiger partial charge in [-0.15, -0.1) is 0 Å². The van der Waals surface area contributed by atoms with Gasteiger partial charge in [0.1, 0.15) is 5.82 Å². The van der Waals surface area contributed by atoms with Gasteiger partial charge >= 0.3 is 0 Å². The molecule has 0 aliphatic rings. The van der Waals surface area contributed by atoms with Gasteiger partial charge in [-0.25, -0.2) is 4.39 Å². The van der Waals surface area contributed by atoms with Crippen LogP contribution in [0.1, 0.15) is 5.56 Å². The summed E-state index contributed by atoms with van der Waals surface area (Å²) in [6.07, 6.45) is 0. The van der Waals surface area contributed by atoms with Crippen LogP contribution in [0, 0.1) is 5.82 Å². The van der Waals surface area contributed by atoms with E-state index in [1.807, 2.05) is 37.4 Å². The topological polar surface area (TPSA) is 12.0 Å². The third kappa shape index (κ3) is 2.73. The van der Waals surface area contributed by atoms with Crippen LogP contribution in [0.4, 0.5) is 4.39 Å². The molecule has 2 rings (SSSR count). The minimum Gasteiger partial charge on any atom is -0.316 e. The van der Waals surface area contributed by atoms with E-state index in [1.165, 1.54) is 5.56 Å². The van der Waals surface area contributed by atoms with Crippen molar-refractivity contribution in [1.29, 1.82) is 0 Å². The summed E-state index contributed by atoms with van der Waals surface area (Å²) in [6.45, 7) is 0.821. The Bertz CT molecular complexity index is 508. The van der Waals surface area contributed by atoms with Crippen LogP contribution in [0.5, 0.6) is 0 Å². The predicted molar refractivity (Wildman–Crippen MR) is 72.3 cm³/mol. The quantitative estimate of drug-likeness (QED) is 0.903. The van der Waals surface area contributed by atoms with Gasteiger partial charge in [0.2, 0.25) is 0 Å². The lowest BCUT2D eigenvalue weighted by Crippen LogP contribution is -2.04. The highest BCUT2D eigenvalue weighted by Crippen LogP contribution is 2.27. The molecule has 0 atom stereocenters. The Morgan fingerprint density at radius 3 is 2.47 bits per heavy atom. The molecule has 0 spiro atoms. The van der Waals surface area contributed by atoms with E-state index < -0.39 is 0 Å². The molecule has 0 fully saturated rings. The summed E-state index contributed by atoms with van der Waals surface area (Å²) in [7, 11) is 1.90. The lowest BCUT2D eigenvalue weighted by atomic mass is 10.0. The lowest BCUT2D eigenvalue weighted by molar-refractivity contribution is 0.624. The standard InChI is InChI=1S/C14H13BrFN/c1-17-9-10-5-7-11(8-6-10)12-3-2-4-13(15)14(12)16/h2-8,17H,9H2,1H3. The minimum absolute atomic E-state index is 0.214. The van der Waals surface area contributed by atoms with E-state index in [0.717, 1.165) is 12.1 Å². The van der Waals surface area contributed by atoms with E-state index in [4.69, 9.17) is 0 Å². The van der Waals surface area contributed by atoms with Crippen molar-refractivity contribution in [2.24, 2.45) is 0 Å². The molecular formula is C14H13BrFN. The monoisotopic (exact) mass is 293 g/mol. The maximum Gasteiger partial charge on any atom is 0.145 e. The van der Waals surface area contributed by atoms with Gasteiger partial charge in [-0.1, -0.05) is 36.4 Å². The molecule has 0 aliphatic carbocycles. The first-order valence-corrected chi connectivity index (χ1v) is 6.19. The lowest BCUT2D eigenvalue weighted by Gasteiger charge is -2.06. The molecule has 3 heteroatoms. The maximum atomic E-state index is 13.9. The van der Waals surface area contributed by atoms with Crippen molar-refractivity contribution < 1.29 is 4.39 Å². The highest BCUT2D eigenvalue weighted by Gasteiger charge is 2.07. The normalized spacial score (nSPS) is 10.5. The Balaban J connectivity index is 2.36. The van der Waals surface area contributed by atoms with Crippen LogP contribution < -0.4 is 5.32 Å². The van der Waals surface area contributed by atoms with Gasteiger partial charge in [0.25, 0.3) is 0 Å². The summed E-state index contributed by atoms with van der Waals surface area (Å²) in [5.41, 5.74) is 2.70. The zero-order valence-electron chi connectivity index (χ0n) is 9.50. The van der Waals surface area contributed by atoms with Crippen LogP contribution >= 0.6 is 15.9 Å². The van der Waals surface area contributed by atoms with Crippen LogP contribution in [0.15, 0.2) is 46.9 Å². The van der Waals surface area contributed by atoms with E-state index in [1.54, 1.807) is 12.1 Å². The molecule has 1 nitrogen and oxygen atoms in total. The second-order valence-electron chi connectivity index (χ2n) is 3.83. The van der Waals surface area contributed by atoms with E-state index in [9.17, 15) is 4.39 Å². The number of hydrogen-bond acceptors (Lipinski definition) is 1. The first-order chi connectivity index (χ1) is 8.22. The van der Waals surface area contributed by atoms with Gasteiger partial charge < -0.3 is 5.32 Å². The second-order valence-corrected chi connectivity index (χ2v) is 4.68. The Kier molecular flexibility index (Phi) is 3.92. The number of rotatable bonds is 3. The third-order valence-electron chi connectivity index (χ3n) is 2.60. The molecule has 1 N–H and O–H groups in total. The molecule has 2 aromatic carbocycles. The molecule has 17 heavy (non-hydrogen) atoms. The summed E-state index contributed by atoms with van der Waals surface area (Å²) in [6, 6.07) is 13.2. The summed E-state index contributed by atoms with van der Waals surface area (Å²) < 4.78 is 14.4. The Morgan fingerprint density at radius 1 is 1.12 bits per heavy atom. The van der Waals surface area contributed by atoms with Crippen LogP contribution in [0.2, 0.25) is 0 Å². The fourth-order valence-electron chi connectivity index (χ4n) is 1.73. The average Bonchev–Trinajstić information content (AvgIpc) is 2.34. The van der Waals surface area contributed by atoms with Crippen molar-refractivity contribution in [2.75, 3.05) is 7.05 Å². The molecular weight excluding hydrogens is 281 g/mol. The Morgan fingerprint density at radius 2 is 1.82 bits per heavy atom. The summed E-state index contributed by atoms with van der Waals surface area (Å²) in [4.78, 5) is 0. The zero-order chi connectivity index (χ0) is 12.3. The molecule has 0 bridgehead atoms. The number of benzene rings is 2. The summed E-state index contributed by atoms with van der Waals surface area (Å²) in [5, 5.41) is 3.08. The van der Waals surface area contributed by atoms with Crippen LogP contribution in [-0.4, -0.2) is 7.05 Å². The largest absolute Gasteiger partial charge is 0.316 e. The molecule has 0 heterocycles. The Labute approximate surface area is 109 Å². The number of halogens is 2. The molecule has 2 aromatic rings. The second kappa shape index (κ2) is 5.43. The predicted octanol–water partition coefficient (Wildman–Crippen LogP) is 3.97.